The molecule has 0 bridgehead atoms. The summed E-state index contributed by atoms with van der Waals surface area (Å²) >= 11 is 0. The summed E-state index contributed by atoms with van der Waals surface area (Å²) < 4.78 is 12.4. The molecular weight excluding hydrogens is 254 g/mol. The topological polar surface area (TPSA) is 48.3 Å². The fourth-order valence-electron chi connectivity index (χ4n) is 2.07. The van der Waals surface area contributed by atoms with Crippen LogP contribution in [0.2, 0.25) is 0 Å². The summed E-state index contributed by atoms with van der Waals surface area (Å²) in [7, 11) is 5.21. The first-order valence-electron chi connectivity index (χ1n) is 6.57. The molecule has 0 spiro atoms. The number of aryl methyl sites for hydroxylation is 1. The Balaban J connectivity index is 2.03. The Hall–Kier alpha value is -2.01. The van der Waals surface area contributed by atoms with E-state index in [0.717, 1.165) is 23.6 Å². The number of rotatable bonds is 6. The van der Waals surface area contributed by atoms with E-state index in [1.54, 1.807) is 18.9 Å². The van der Waals surface area contributed by atoms with Crippen molar-refractivity contribution in [2.24, 2.45) is 7.05 Å². The molecule has 0 fully saturated rings. The summed E-state index contributed by atoms with van der Waals surface area (Å²) in [6.07, 6.45) is 3.88. The zero-order valence-corrected chi connectivity index (χ0v) is 12.4. The van der Waals surface area contributed by atoms with E-state index in [2.05, 4.69) is 17.3 Å². The maximum atomic E-state index is 5.33. The highest BCUT2D eigenvalue weighted by molar-refractivity contribution is 5.43. The number of ether oxygens (including phenoxy) is 2. The lowest BCUT2D eigenvalue weighted by atomic mass is 10.1. The molecule has 5 nitrogen and oxygen atoms in total. The molecule has 1 aromatic carbocycles. The van der Waals surface area contributed by atoms with E-state index in [1.807, 2.05) is 37.6 Å². The van der Waals surface area contributed by atoms with Crippen LogP contribution in [0.1, 0.15) is 24.1 Å². The molecule has 0 amide bonds. The molecule has 1 aromatic heterocycles. The normalized spacial score (nSPS) is 12.2. The lowest BCUT2D eigenvalue weighted by Gasteiger charge is -2.16. The number of nitrogens with one attached hydrogen (secondary N) is 1. The van der Waals surface area contributed by atoms with Crippen LogP contribution in [0.15, 0.2) is 30.6 Å². The van der Waals surface area contributed by atoms with E-state index >= 15 is 0 Å². The quantitative estimate of drug-likeness (QED) is 0.878. The summed E-state index contributed by atoms with van der Waals surface area (Å²) in [6.45, 7) is 2.90. The lowest BCUT2D eigenvalue weighted by Crippen LogP contribution is -2.17. The van der Waals surface area contributed by atoms with E-state index < -0.39 is 0 Å². The molecule has 5 heteroatoms. The SMILES string of the molecule is COc1ccc(C(C)NCc2cnn(C)c2)cc1OC. The number of nitrogens with zero attached hydrogens (tertiary/aromatic N) is 2. The van der Waals surface area contributed by atoms with Crippen LogP contribution < -0.4 is 14.8 Å². The second kappa shape index (κ2) is 6.43. The van der Waals surface area contributed by atoms with Gasteiger partial charge in [0.2, 0.25) is 0 Å². The van der Waals surface area contributed by atoms with Crippen molar-refractivity contribution in [3.8, 4) is 11.5 Å². The molecule has 2 aromatic rings. The Labute approximate surface area is 119 Å². The summed E-state index contributed by atoms with van der Waals surface area (Å²) in [6, 6.07) is 6.19. The molecule has 0 saturated heterocycles. The Bertz CT molecular complexity index is 566. The van der Waals surface area contributed by atoms with Crippen LogP contribution in [-0.2, 0) is 13.6 Å². The molecule has 0 radical (unpaired) electrons. The van der Waals surface area contributed by atoms with Crippen molar-refractivity contribution in [2.75, 3.05) is 14.2 Å². The zero-order valence-electron chi connectivity index (χ0n) is 12.4. The van der Waals surface area contributed by atoms with Gasteiger partial charge in [0.1, 0.15) is 0 Å². The van der Waals surface area contributed by atoms with Crippen molar-refractivity contribution >= 4 is 0 Å². The van der Waals surface area contributed by atoms with Crippen molar-refractivity contribution < 1.29 is 9.47 Å². The van der Waals surface area contributed by atoms with Gasteiger partial charge in [-0.25, -0.2) is 0 Å². The molecule has 1 atom stereocenters. The predicted molar refractivity (Wildman–Crippen MR) is 78.0 cm³/mol. The van der Waals surface area contributed by atoms with Gasteiger partial charge in [-0.2, -0.15) is 5.10 Å². The molecule has 0 aliphatic rings. The molecule has 1 N–H and O–H groups in total. The second-order valence-electron chi connectivity index (χ2n) is 4.74. The Morgan fingerprint density at radius 3 is 2.60 bits per heavy atom. The van der Waals surface area contributed by atoms with Gasteiger partial charge in [-0.1, -0.05) is 6.07 Å². The van der Waals surface area contributed by atoms with Crippen LogP contribution in [0, 0.1) is 0 Å². The van der Waals surface area contributed by atoms with Gasteiger partial charge in [0.15, 0.2) is 11.5 Å². The average molecular weight is 275 g/mol. The monoisotopic (exact) mass is 275 g/mol. The number of hydrogen-bond donors (Lipinski definition) is 1. The molecule has 1 heterocycles. The molecule has 0 aliphatic heterocycles. The van der Waals surface area contributed by atoms with Gasteiger partial charge in [0, 0.05) is 31.4 Å². The minimum Gasteiger partial charge on any atom is -0.493 e. The highest BCUT2D eigenvalue weighted by atomic mass is 16.5. The molecule has 0 aliphatic carbocycles. The highest BCUT2D eigenvalue weighted by Gasteiger charge is 2.10. The van der Waals surface area contributed by atoms with Gasteiger partial charge in [0.25, 0.3) is 0 Å². The van der Waals surface area contributed by atoms with Crippen LogP contribution in [0.3, 0.4) is 0 Å². The fourth-order valence-corrected chi connectivity index (χ4v) is 2.07. The number of methoxy groups -OCH3 is 2. The molecule has 108 valence electrons. The Morgan fingerprint density at radius 2 is 2.00 bits per heavy atom. The van der Waals surface area contributed by atoms with Crippen LogP contribution >= 0.6 is 0 Å². The first-order chi connectivity index (χ1) is 9.63. The first kappa shape index (κ1) is 14.4. The van der Waals surface area contributed by atoms with Crippen molar-refractivity contribution in [2.45, 2.75) is 19.5 Å². The maximum Gasteiger partial charge on any atom is 0.161 e. The highest BCUT2D eigenvalue weighted by Crippen LogP contribution is 2.29. The summed E-state index contributed by atoms with van der Waals surface area (Å²) in [5.74, 6) is 1.50. The minimum absolute atomic E-state index is 0.218. The summed E-state index contributed by atoms with van der Waals surface area (Å²) in [5, 5.41) is 7.63. The number of aromatic nitrogens is 2. The largest absolute Gasteiger partial charge is 0.493 e. The van der Waals surface area contributed by atoms with Gasteiger partial charge in [-0.05, 0) is 24.6 Å². The third-order valence-electron chi connectivity index (χ3n) is 3.28. The van der Waals surface area contributed by atoms with Crippen LogP contribution in [-0.4, -0.2) is 24.0 Å². The molecule has 0 saturated carbocycles. The standard InChI is InChI=1S/C15H21N3O2/c1-11(16-8-12-9-17-18(2)10-12)13-5-6-14(19-3)15(7-13)20-4/h5-7,9-11,16H,8H2,1-4H3. The maximum absolute atomic E-state index is 5.33. The van der Waals surface area contributed by atoms with Gasteiger partial charge < -0.3 is 14.8 Å². The summed E-state index contributed by atoms with van der Waals surface area (Å²) in [5.41, 5.74) is 2.33. The molecule has 20 heavy (non-hydrogen) atoms. The van der Waals surface area contributed by atoms with E-state index in [9.17, 15) is 0 Å². The summed E-state index contributed by atoms with van der Waals surface area (Å²) in [4.78, 5) is 0. The van der Waals surface area contributed by atoms with Gasteiger partial charge in [-0.3, -0.25) is 4.68 Å². The molecule has 1 unspecified atom stereocenters. The van der Waals surface area contributed by atoms with Crippen LogP contribution in [0.5, 0.6) is 11.5 Å². The second-order valence-corrected chi connectivity index (χ2v) is 4.74. The van der Waals surface area contributed by atoms with Gasteiger partial charge in [0.05, 0.1) is 20.4 Å². The third-order valence-corrected chi connectivity index (χ3v) is 3.28. The Morgan fingerprint density at radius 1 is 1.25 bits per heavy atom. The van der Waals surface area contributed by atoms with Crippen molar-refractivity contribution in [1.82, 2.24) is 15.1 Å². The van der Waals surface area contributed by atoms with E-state index in [1.165, 1.54) is 5.56 Å². The van der Waals surface area contributed by atoms with Gasteiger partial charge >= 0.3 is 0 Å². The minimum atomic E-state index is 0.218. The Kier molecular flexibility index (Phi) is 4.63. The van der Waals surface area contributed by atoms with Crippen LogP contribution in [0.25, 0.3) is 0 Å². The van der Waals surface area contributed by atoms with Crippen LogP contribution in [0.4, 0.5) is 0 Å². The third kappa shape index (κ3) is 3.30. The smallest absolute Gasteiger partial charge is 0.161 e. The van der Waals surface area contributed by atoms with Gasteiger partial charge in [-0.15, -0.1) is 0 Å². The molecular formula is C15H21N3O2. The van der Waals surface area contributed by atoms with Crippen molar-refractivity contribution in [1.29, 1.82) is 0 Å². The lowest BCUT2D eigenvalue weighted by molar-refractivity contribution is 0.354. The van der Waals surface area contributed by atoms with E-state index in [0.29, 0.717) is 0 Å². The number of benzene rings is 1. The van der Waals surface area contributed by atoms with E-state index in [4.69, 9.17) is 9.47 Å². The van der Waals surface area contributed by atoms with Crippen molar-refractivity contribution in [3.05, 3.63) is 41.7 Å². The zero-order chi connectivity index (χ0) is 14.5. The van der Waals surface area contributed by atoms with E-state index in [-0.39, 0.29) is 6.04 Å². The van der Waals surface area contributed by atoms with Crippen molar-refractivity contribution in [3.63, 3.8) is 0 Å². The first-order valence-corrected chi connectivity index (χ1v) is 6.57. The number of hydrogen-bond acceptors (Lipinski definition) is 4. The average Bonchev–Trinajstić information content (AvgIpc) is 2.89. The predicted octanol–water partition coefficient (Wildman–Crippen LogP) is 2.29. The fraction of sp³-hybridized carbons (Fsp3) is 0.400. The molecule has 2 rings (SSSR count).